The maximum atomic E-state index is 14.0. The molecule has 1 unspecified atom stereocenters. The maximum Gasteiger partial charge on any atom is 0.325 e. The summed E-state index contributed by atoms with van der Waals surface area (Å²) in [5, 5.41) is 3.30. The van der Waals surface area contributed by atoms with E-state index in [0.29, 0.717) is 24.4 Å². The lowest BCUT2D eigenvalue weighted by Gasteiger charge is -2.38. The molecule has 0 bridgehead atoms. The molecule has 2 fully saturated rings. The van der Waals surface area contributed by atoms with Gasteiger partial charge in [0.05, 0.1) is 20.2 Å². The third-order valence-electron chi connectivity index (χ3n) is 5.65. The number of methoxy groups -OCH3 is 1. The average Bonchev–Trinajstić information content (AvgIpc) is 2.97. The molecule has 2 saturated heterocycles. The molecule has 2 aromatic carbocycles. The molecule has 2 aromatic rings. The lowest BCUT2D eigenvalue weighted by molar-refractivity contribution is -0.133. The number of benzene rings is 2. The van der Waals surface area contributed by atoms with Crippen LogP contribution in [0.2, 0.25) is 5.02 Å². The Bertz CT molecular complexity index is 1060. The molecule has 31 heavy (non-hydrogen) atoms. The summed E-state index contributed by atoms with van der Waals surface area (Å²) < 4.78 is 18.9. The van der Waals surface area contributed by atoms with E-state index in [0.717, 1.165) is 16.5 Å². The minimum atomic E-state index is -1.19. The number of carbonyl (C=O) groups is 3. The Labute approximate surface area is 183 Å². The lowest BCUT2D eigenvalue weighted by Crippen LogP contribution is -2.59. The summed E-state index contributed by atoms with van der Waals surface area (Å²) in [6, 6.07) is 10.4. The third kappa shape index (κ3) is 3.95. The molecular formula is C22H21ClFN3O4. The van der Waals surface area contributed by atoms with Crippen LogP contribution in [0.15, 0.2) is 42.5 Å². The zero-order chi connectivity index (χ0) is 22.2. The number of ether oxygens (including phenoxy) is 1. The summed E-state index contributed by atoms with van der Waals surface area (Å²) in [5.74, 6) is -1.38. The van der Waals surface area contributed by atoms with Crippen LogP contribution in [0, 0.1) is 5.82 Å². The van der Waals surface area contributed by atoms with Crippen molar-refractivity contribution in [3.8, 4) is 5.75 Å². The Morgan fingerprint density at radius 3 is 2.77 bits per heavy atom. The van der Waals surface area contributed by atoms with Crippen molar-refractivity contribution in [2.75, 3.05) is 20.2 Å². The Hall–Kier alpha value is -3.13. The quantitative estimate of drug-likeness (QED) is 0.733. The van der Waals surface area contributed by atoms with E-state index >= 15 is 0 Å². The van der Waals surface area contributed by atoms with Gasteiger partial charge in [0.2, 0.25) is 0 Å². The van der Waals surface area contributed by atoms with Crippen molar-refractivity contribution >= 4 is 29.4 Å². The molecule has 0 aliphatic carbocycles. The lowest BCUT2D eigenvalue weighted by atomic mass is 9.88. The highest BCUT2D eigenvalue weighted by Gasteiger charge is 2.53. The summed E-state index contributed by atoms with van der Waals surface area (Å²) in [6.07, 6.45) is 0.950. The van der Waals surface area contributed by atoms with Crippen LogP contribution in [0.25, 0.3) is 0 Å². The van der Waals surface area contributed by atoms with Gasteiger partial charge in [0.25, 0.3) is 11.8 Å². The molecule has 9 heteroatoms. The molecule has 4 amide bonds. The number of hydrogen-bond donors (Lipinski definition) is 1. The number of imide groups is 1. The smallest absolute Gasteiger partial charge is 0.325 e. The van der Waals surface area contributed by atoms with Gasteiger partial charge in [0.15, 0.2) is 11.6 Å². The summed E-state index contributed by atoms with van der Waals surface area (Å²) in [5.41, 5.74) is -0.303. The molecule has 162 valence electrons. The molecule has 0 saturated carbocycles. The first-order valence-electron chi connectivity index (χ1n) is 9.84. The van der Waals surface area contributed by atoms with E-state index < -0.39 is 23.3 Å². The van der Waals surface area contributed by atoms with Crippen LogP contribution < -0.4 is 10.1 Å². The Kier molecular flexibility index (Phi) is 5.58. The van der Waals surface area contributed by atoms with Crippen LogP contribution in [-0.4, -0.2) is 53.4 Å². The Morgan fingerprint density at radius 1 is 1.26 bits per heavy atom. The van der Waals surface area contributed by atoms with E-state index in [1.165, 1.54) is 24.1 Å². The van der Waals surface area contributed by atoms with E-state index in [-0.39, 0.29) is 30.3 Å². The van der Waals surface area contributed by atoms with Gasteiger partial charge in [-0.1, -0.05) is 23.7 Å². The van der Waals surface area contributed by atoms with Crippen molar-refractivity contribution in [2.45, 2.75) is 24.9 Å². The minimum Gasteiger partial charge on any atom is -0.494 e. The molecule has 0 aromatic heterocycles. The fourth-order valence-electron chi connectivity index (χ4n) is 4.13. The monoisotopic (exact) mass is 445 g/mol. The van der Waals surface area contributed by atoms with Crippen molar-refractivity contribution < 1.29 is 23.5 Å². The number of likely N-dealkylation sites (tertiary alicyclic amines) is 1. The molecule has 2 heterocycles. The van der Waals surface area contributed by atoms with E-state index in [4.69, 9.17) is 16.3 Å². The minimum absolute atomic E-state index is 0.0239. The van der Waals surface area contributed by atoms with E-state index in [1.54, 1.807) is 24.3 Å². The van der Waals surface area contributed by atoms with Crippen LogP contribution in [-0.2, 0) is 11.3 Å². The summed E-state index contributed by atoms with van der Waals surface area (Å²) in [6.45, 7) is 0.520. The van der Waals surface area contributed by atoms with Gasteiger partial charge in [0.1, 0.15) is 5.54 Å². The molecule has 0 radical (unpaired) electrons. The third-order valence-corrected chi connectivity index (χ3v) is 5.89. The van der Waals surface area contributed by atoms with Crippen molar-refractivity contribution in [1.29, 1.82) is 0 Å². The number of nitrogens with zero attached hydrogens (tertiary/aromatic N) is 2. The number of rotatable bonds is 4. The molecule has 7 nitrogen and oxygen atoms in total. The first-order chi connectivity index (χ1) is 14.8. The number of piperidine rings is 1. The van der Waals surface area contributed by atoms with Crippen LogP contribution >= 0.6 is 11.6 Å². The fourth-order valence-corrected chi connectivity index (χ4v) is 4.34. The zero-order valence-electron chi connectivity index (χ0n) is 16.9. The molecule has 1 spiro atoms. The molecule has 2 aliphatic heterocycles. The van der Waals surface area contributed by atoms with Gasteiger partial charge in [-0.05, 0) is 48.7 Å². The molecule has 4 rings (SSSR count). The van der Waals surface area contributed by atoms with Crippen LogP contribution in [0.4, 0.5) is 9.18 Å². The van der Waals surface area contributed by atoms with Crippen molar-refractivity contribution in [3.05, 3.63) is 64.4 Å². The first-order valence-corrected chi connectivity index (χ1v) is 10.2. The number of nitrogens with one attached hydrogen (secondary N) is 1. The Morgan fingerprint density at radius 2 is 2.06 bits per heavy atom. The van der Waals surface area contributed by atoms with Crippen molar-refractivity contribution in [2.24, 2.45) is 0 Å². The highest BCUT2D eigenvalue weighted by atomic mass is 35.5. The summed E-state index contributed by atoms with van der Waals surface area (Å²) >= 11 is 6.00. The topological polar surface area (TPSA) is 79.0 Å². The number of halogens is 2. The zero-order valence-corrected chi connectivity index (χ0v) is 17.6. The highest BCUT2D eigenvalue weighted by Crippen LogP contribution is 2.31. The van der Waals surface area contributed by atoms with Crippen LogP contribution in [0.5, 0.6) is 5.75 Å². The van der Waals surface area contributed by atoms with Gasteiger partial charge in [0, 0.05) is 17.1 Å². The predicted molar refractivity (Wildman–Crippen MR) is 111 cm³/mol. The first kappa shape index (κ1) is 21.1. The van der Waals surface area contributed by atoms with E-state index in [9.17, 15) is 18.8 Å². The van der Waals surface area contributed by atoms with Crippen LogP contribution in [0.3, 0.4) is 0 Å². The second kappa shape index (κ2) is 8.19. The largest absolute Gasteiger partial charge is 0.494 e. The molecule has 1 atom stereocenters. The number of hydrogen-bond acceptors (Lipinski definition) is 4. The van der Waals surface area contributed by atoms with Gasteiger partial charge in [-0.25, -0.2) is 9.18 Å². The number of amides is 4. The standard InChI is InChI=1S/C22H21ClFN3O4/c1-31-18-7-6-15(11-17(18)24)19(28)26-9-3-8-22(13-26)20(29)27(21(30)25-22)12-14-4-2-5-16(23)10-14/h2,4-7,10-11H,3,8-9,12-13H2,1H3,(H,25,30). The second-order valence-electron chi connectivity index (χ2n) is 7.71. The van der Waals surface area contributed by atoms with Crippen molar-refractivity contribution in [3.63, 3.8) is 0 Å². The SMILES string of the molecule is COc1ccc(C(=O)N2CCCC3(C2)NC(=O)N(Cc2cccc(Cl)c2)C3=O)cc1F. The molecular weight excluding hydrogens is 425 g/mol. The number of urea groups is 1. The average molecular weight is 446 g/mol. The van der Waals surface area contributed by atoms with Crippen LogP contribution in [0.1, 0.15) is 28.8 Å². The van der Waals surface area contributed by atoms with Gasteiger partial charge >= 0.3 is 6.03 Å². The molecule has 1 N–H and O–H groups in total. The Balaban J connectivity index is 1.53. The van der Waals surface area contributed by atoms with Gasteiger partial charge in [-0.15, -0.1) is 0 Å². The summed E-state index contributed by atoms with van der Waals surface area (Å²) in [7, 11) is 1.35. The van der Waals surface area contributed by atoms with E-state index in [1.807, 2.05) is 0 Å². The second-order valence-corrected chi connectivity index (χ2v) is 8.15. The predicted octanol–water partition coefficient (Wildman–Crippen LogP) is 3.21. The van der Waals surface area contributed by atoms with Gasteiger partial charge < -0.3 is 15.0 Å². The van der Waals surface area contributed by atoms with E-state index in [2.05, 4.69) is 5.32 Å². The number of carbonyl (C=O) groups excluding carboxylic acids is 3. The van der Waals surface area contributed by atoms with Gasteiger partial charge in [-0.3, -0.25) is 14.5 Å². The fraction of sp³-hybridized carbons (Fsp3) is 0.318. The maximum absolute atomic E-state index is 14.0. The summed E-state index contributed by atoms with van der Waals surface area (Å²) in [4.78, 5) is 41.4. The normalized spacial score (nSPS) is 20.9. The highest BCUT2D eigenvalue weighted by molar-refractivity contribution is 6.30. The van der Waals surface area contributed by atoms with Crippen molar-refractivity contribution in [1.82, 2.24) is 15.1 Å². The van der Waals surface area contributed by atoms with Gasteiger partial charge in [-0.2, -0.15) is 0 Å². The molecule has 2 aliphatic rings.